The summed E-state index contributed by atoms with van der Waals surface area (Å²) in [4.78, 5) is 44.5. The van der Waals surface area contributed by atoms with Crippen molar-refractivity contribution < 1.29 is 14.4 Å². The molecule has 2 fully saturated rings. The van der Waals surface area contributed by atoms with Gasteiger partial charge < -0.3 is 25.3 Å². The van der Waals surface area contributed by atoms with E-state index >= 15 is 0 Å². The molecule has 2 aliphatic heterocycles. The molecule has 0 aliphatic carbocycles. The first-order valence-electron chi connectivity index (χ1n) is 12.6. The van der Waals surface area contributed by atoms with Gasteiger partial charge in [0.1, 0.15) is 0 Å². The molecule has 0 radical (unpaired) electrons. The van der Waals surface area contributed by atoms with Gasteiger partial charge in [0.25, 0.3) is 11.8 Å². The number of hydrogen-bond donors (Lipinski definition) is 2. The second-order valence-electron chi connectivity index (χ2n) is 9.21. The Morgan fingerprint density at radius 3 is 2.11 bits per heavy atom. The number of piperidine rings is 1. The van der Waals surface area contributed by atoms with Crippen molar-refractivity contribution in [3.8, 4) is 0 Å². The zero-order valence-electron chi connectivity index (χ0n) is 20.7. The van der Waals surface area contributed by atoms with E-state index in [0.717, 1.165) is 43.6 Å². The van der Waals surface area contributed by atoms with Crippen molar-refractivity contribution in [3.05, 3.63) is 59.2 Å². The zero-order chi connectivity index (χ0) is 24.8. The molecule has 2 aromatic rings. The number of benzene rings is 2. The van der Waals surface area contributed by atoms with E-state index in [-0.39, 0.29) is 17.8 Å². The van der Waals surface area contributed by atoms with Crippen molar-refractivity contribution in [2.24, 2.45) is 0 Å². The first kappa shape index (κ1) is 24.6. The van der Waals surface area contributed by atoms with Crippen molar-refractivity contribution in [2.75, 3.05) is 56.0 Å². The van der Waals surface area contributed by atoms with Gasteiger partial charge in [-0.2, -0.15) is 0 Å². The lowest BCUT2D eigenvalue weighted by molar-refractivity contribution is 0.0718. The minimum Gasteiger partial charge on any atom is -0.367 e. The van der Waals surface area contributed by atoms with E-state index in [0.29, 0.717) is 49.5 Å². The molecule has 35 heavy (non-hydrogen) atoms. The summed E-state index contributed by atoms with van der Waals surface area (Å²) < 4.78 is 0. The Balaban J connectivity index is 1.51. The molecule has 2 saturated heterocycles. The lowest BCUT2D eigenvalue weighted by atomic mass is 10.1. The highest BCUT2D eigenvalue weighted by Crippen LogP contribution is 2.28. The fourth-order valence-corrected chi connectivity index (χ4v) is 4.69. The highest BCUT2D eigenvalue weighted by atomic mass is 16.2. The largest absolute Gasteiger partial charge is 0.367 e. The Kier molecular flexibility index (Phi) is 7.90. The smallest absolute Gasteiger partial charge is 0.319 e. The molecule has 8 heteroatoms. The number of piperazine rings is 1. The molecule has 186 valence electrons. The molecular weight excluding hydrogens is 442 g/mol. The van der Waals surface area contributed by atoms with Gasteiger partial charge in [-0.1, -0.05) is 17.7 Å². The molecule has 8 nitrogen and oxygen atoms in total. The average molecular weight is 478 g/mol. The Morgan fingerprint density at radius 2 is 1.46 bits per heavy atom. The van der Waals surface area contributed by atoms with E-state index in [2.05, 4.69) is 15.5 Å². The fourth-order valence-electron chi connectivity index (χ4n) is 4.69. The third-order valence-electron chi connectivity index (χ3n) is 6.67. The number of anilines is 2. The van der Waals surface area contributed by atoms with E-state index in [4.69, 9.17) is 0 Å². The number of amides is 4. The molecular formula is C27H35N5O3. The molecule has 0 atom stereocenters. The molecule has 0 bridgehead atoms. The highest BCUT2D eigenvalue weighted by Gasteiger charge is 2.27. The van der Waals surface area contributed by atoms with Gasteiger partial charge in [-0.15, -0.1) is 0 Å². The van der Waals surface area contributed by atoms with Gasteiger partial charge >= 0.3 is 6.03 Å². The number of hydrogen-bond acceptors (Lipinski definition) is 4. The second kappa shape index (κ2) is 11.3. The minimum atomic E-state index is -0.292. The van der Waals surface area contributed by atoms with Crippen LogP contribution in [-0.2, 0) is 0 Å². The van der Waals surface area contributed by atoms with Crippen molar-refractivity contribution >= 4 is 29.2 Å². The highest BCUT2D eigenvalue weighted by molar-refractivity contribution is 6.02. The summed E-state index contributed by atoms with van der Waals surface area (Å²) in [6, 6.07) is 12.9. The van der Waals surface area contributed by atoms with E-state index in [9.17, 15) is 14.4 Å². The lowest BCUT2D eigenvalue weighted by Gasteiger charge is -2.37. The van der Waals surface area contributed by atoms with Crippen molar-refractivity contribution in [1.29, 1.82) is 0 Å². The van der Waals surface area contributed by atoms with Gasteiger partial charge in [-0.25, -0.2) is 4.79 Å². The van der Waals surface area contributed by atoms with Gasteiger partial charge in [0.15, 0.2) is 0 Å². The van der Waals surface area contributed by atoms with Crippen LogP contribution in [0.4, 0.5) is 16.2 Å². The number of carbonyl (C=O) groups is 3. The summed E-state index contributed by atoms with van der Waals surface area (Å²) in [5.41, 5.74) is 3.87. The zero-order valence-corrected chi connectivity index (χ0v) is 20.7. The number of nitrogens with one attached hydrogen (secondary N) is 2. The number of likely N-dealkylation sites (tertiary alicyclic amines) is 1. The maximum Gasteiger partial charge on any atom is 0.319 e. The van der Waals surface area contributed by atoms with Crippen LogP contribution in [0.1, 0.15) is 52.5 Å². The number of carbonyl (C=O) groups excluding carboxylic acids is 3. The first-order valence-corrected chi connectivity index (χ1v) is 12.6. The topological polar surface area (TPSA) is 85.0 Å². The number of nitrogens with zero attached hydrogens (tertiary/aromatic N) is 3. The van der Waals surface area contributed by atoms with Crippen LogP contribution in [0.5, 0.6) is 0 Å². The van der Waals surface area contributed by atoms with Crippen LogP contribution >= 0.6 is 0 Å². The Labute approximate surface area is 207 Å². The summed E-state index contributed by atoms with van der Waals surface area (Å²) in [5, 5.41) is 5.55. The standard InChI is InChI=1S/C27H35N5O3/c1-3-28-27(35)29-22-11-12-24(23(19-22)26(34)31-13-5-4-6-14-31)30-15-17-32(18-16-30)25(33)21-9-7-20(2)8-10-21/h7-12,19H,3-6,13-18H2,1-2H3,(H2,28,29,35). The van der Waals surface area contributed by atoms with Gasteiger partial charge in [-0.05, 0) is 63.4 Å². The van der Waals surface area contributed by atoms with Crippen LogP contribution in [0.25, 0.3) is 0 Å². The number of urea groups is 1. The molecule has 4 amide bonds. The van der Waals surface area contributed by atoms with Crippen molar-refractivity contribution in [1.82, 2.24) is 15.1 Å². The SMILES string of the molecule is CCNC(=O)Nc1ccc(N2CCN(C(=O)c3ccc(C)cc3)CC2)c(C(=O)N2CCCCC2)c1. The van der Waals surface area contributed by atoms with Crippen molar-refractivity contribution in [3.63, 3.8) is 0 Å². The van der Waals surface area contributed by atoms with Gasteiger partial charge in [-0.3, -0.25) is 9.59 Å². The molecule has 0 spiro atoms. The predicted octanol–water partition coefficient (Wildman–Crippen LogP) is 3.72. The monoisotopic (exact) mass is 477 g/mol. The van der Waals surface area contributed by atoms with Gasteiger partial charge in [0.05, 0.1) is 5.56 Å². The van der Waals surface area contributed by atoms with E-state index in [1.807, 2.05) is 60.0 Å². The van der Waals surface area contributed by atoms with E-state index in [1.54, 1.807) is 6.07 Å². The van der Waals surface area contributed by atoms with Crippen LogP contribution in [0, 0.1) is 6.92 Å². The molecule has 4 rings (SSSR count). The normalized spacial score (nSPS) is 16.1. The predicted molar refractivity (Wildman–Crippen MR) is 138 cm³/mol. The summed E-state index contributed by atoms with van der Waals surface area (Å²) in [6.45, 7) is 8.35. The van der Waals surface area contributed by atoms with E-state index < -0.39 is 0 Å². The molecule has 2 aromatic carbocycles. The summed E-state index contributed by atoms with van der Waals surface area (Å²) in [7, 11) is 0. The maximum absolute atomic E-state index is 13.5. The van der Waals surface area contributed by atoms with Crippen molar-refractivity contribution in [2.45, 2.75) is 33.1 Å². The third kappa shape index (κ3) is 5.93. The molecule has 2 aliphatic rings. The Bertz CT molecular complexity index is 1050. The number of aryl methyl sites for hydroxylation is 1. The number of rotatable bonds is 5. The van der Waals surface area contributed by atoms with Crippen LogP contribution < -0.4 is 15.5 Å². The first-order chi connectivity index (χ1) is 17.0. The van der Waals surface area contributed by atoms with Gasteiger partial charge in [0.2, 0.25) is 0 Å². The molecule has 2 N–H and O–H groups in total. The molecule has 0 aromatic heterocycles. The molecule has 2 heterocycles. The average Bonchev–Trinajstić information content (AvgIpc) is 2.89. The third-order valence-corrected chi connectivity index (χ3v) is 6.67. The van der Waals surface area contributed by atoms with E-state index in [1.165, 1.54) is 0 Å². The van der Waals surface area contributed by atoms with Crippen LogP contribution in [0.3, 0.4) is 0 Å². The maximum atomic E-state index is 13.5. The molecule has 0 unspecified atom stereocenters. The molecule has 0 saturated carbocycles. The Hall–Kier alpha value is -3.55. The fraction of sp³-hybridized carbons (Fsp3) is 0.444. The van der Waals surface area contributed by atoms with Crippen LogP contribution in [0.15, 0.2) is 42.5 Å². The van der Waals surface area contributed by atoms with Gasteiger partial charge in [0, 0.05) is 62.8 Å². The van der Waals surface area contributed by atoms with Crippen LogP contribution in [-0.4, -0.2) is 73.5 Å². The summed E-state index contributed by atoms with van der Waals surface area (Å²) >= 11 is 0. The minimum absolute atomic E-state index is 0.00240. The quantitative estimate of drug-likeness (QED) is 0.687. The lowest BCUT2D eigenvalue weighted by Crippen LogP contribution is -2.49. The second-order valence-corrected chi connectivity index (χ2v) is 9.21. The summed E-state index contributed by atoms with van der Waals surface area (Å²) in [5.74, 6) is 0.0353. The Morgan fingerprint density at radius 1 is 0.800 bits per heavy atom. The van der Waals surface area contributed by atoms with Crippen LogP contribution in [0.2, 0.25) is 0 Å². The summed E-state index contributed by atoms with van der Waals surface area (Å²) in [6.07, 6.45) is 3.17.